The van der Waals surface area contributed by atoms with Gasteiger partial charge >= 0.3 is 5.69 Å². The molecule has 0 radical (unpaired) electrons. The van der Waals surface area contributed by atoms with Crippen molar-refractivity contribution >= 4 is 21.6 Å². The van der Waals surface area contributed by atoms with Crippen LogP contribution in [0.4, 0.5) is 5.69 Å². The van der Waals surface area contributed by atoms with E-state index in [0.717, 1.165) is 15.8 Å². The van der Waals surface area contributed by atoms with Gasteiger partial charge < -0.3 is 5.32 Å². The molecule has 1 aliphatic rings. The second kappa shape index (κ2) is 8.11. The highest BCUT2D eigenvalue weighted by Crippen LogP contribution is 2.26. The lowest BCUT2D eigenvalue weighted by molar-refractivity contribution is -0.117. The molecule has 3 rings (SSSR count). The number of nitrogens with one attached hydrogen (secondary N) is 1. The van der Waals surface area contributed by atoms with Crippen molar-refractivity contribution in [3.8, 4) is 0 Å². The van der Waals surface area contributed by atoms with Gasteiger partial charge in [-0.3, -0.25) is 9.36 Å². The molecule has 0 aliphatic carbocycles. The van der Waals surface area contributed by atoms with Crippen LogP contribution in [0.5, 0.6) is 0 Å². The van der Waals surface area contributed by atoms with Crippen LogP contribution in [0, 0.1) is 13.8 Å². The Kier molecular flexibility index (Phi) is 5.95. The largest absolute Gasteiger partial charge is 0.346 e. The van der Waals surface area contributed by atoms with Crippen LogP contribution < -0.4 is 11.0 Å². The maximum atomic E-state index is 12.5. The van der Waals surface area contributed by atoms with Crippen LogP contribution in [0.25, 0.3) is 0 Å². The van der Waals surface area contributed by atoms with Gasteiger partial charge in [0.15, 0.2) is 0 Å². The summed E-state index contributed by atoms with van der Waals surface area (Å²) in [6.07, 6.45) is 2.38. The van der Waals surface area contributed by atoms with Crippen LogP contribution in [-0.4, -0.2) is 52.3 Å². The molecule has 1 aromatic carbocycles. The Morgan fingerprint density at radius 3 is 2.45 bits per heavy atom. The van der Waals surface area contributed by atoms with Crippen molar-refractivity contribution in [3.63, 3.8) is 0 Å². The van der Waals surface area contributed by atoms with Gasteiger partial charge in [0.25, 0.3) is 0 Å². The zero-order valence-corrected chi connectivity index (χ0v) is 18.0. The van der Waals surface area contributed by atoms with Crippen molar-refractivity contribution in [2.45, 2.75) is 39.2 Å². The third-order valence-corrected chi connectivity index (χ3v) is 6.75. The monoisotopic (exact) mass is 421 g/mol. The van der Waals surface area contributed by atoms with E-state index in [9.17, 15) is 18.0 Å². The fourth-order valence-electron chi connectivity index (χ4n) is 3.56. The Balaban J connectivity index is 1.69. The minimum absolute atomic E-state index is 0.0187. The summed E-state index contributed by atoms with van der Waals surface area (Å²) in [5.41, 5.74) is 2.52. The van der Waals surface area contributed by atoms with Crippen LogP contribution in [-0.2, 0) is 28.4 Å². The zero-order chi connectivity index (χ0) is 21.3. The highest BCUT2D eigenvalue weighted by Gasteiger charge is 2.29. The number of amides is 1. The lowest BCUT2D eigenvalue weighted by Crippen LogP contribution is -2.37. The summed E-state index contributed by atoms with van der Waals surface area (Å²) in [7, 11) is -1.58. The number of aromatic nitrogens is 3. The Hall–Kier alpha value is -2.46. The number of rotatable bonds is 5. The normalized spacial score (nSPS) is 16.1. The van der Waals surface area contributed by atoms with Gasteiger partial charge in [0.05, 0.1) is 6.26 Å². The molecule has 2 aromatic rings. The van der Waals surface area contributed by atoms with Crippen molar-refractivity contribution in [2.24, 2.45) is 7.05 Å². The molecule has 0 saturated carbocycles. The van der Waals surface area contributed by atoms with Gasteiger partial charge in [0.2, 0.25) is 15.9 Å². The highest BCUT2D eigenvalue weighted by atomic mass is 32.2. The van der Waals surface area contributed by atoms with Gasteiger partial charge in [-0.1, -0.05) is 6.07 Å². The van der Waals surface area contributed by atoms with E-state index in [1.165, 1.54) is 15.1 Å². The van der Waals surface area contributed by atoms with Gasteiger partial charge in [-0.25, -0.2) is 22.2 Å². The number of hydrogen-bond donors (Lipinski definition) is 1. The van der Waals surface area contributed by atoms with E-state index < -0.39 is 10.0 Å². The fraction of sp³-hybridized carbons (Fsp3) is 0.526. The van der Waals surface area contributed by atoms with Crippen molar-refractivity contribution in [3.05, 3.63) is 45.6 Å². The third kappa shape index (κ3) is 4.76. The Morgan fingerprint density at radius 2 is 1.86 bits per heavy atom. The molecule has 9 nitrogen and oxygen atoms in total. The molecule has 1 fully saturated rings. The number of carbonyl (C=O) groups excluding carboxylic acids is 1. The summed E-state index contributed by atoms with van der Waals surface area (Å²) in [6, 6.07) is 5.64. The zero-order valence-electron chi connectivity index (χ0n) is 17.2. The van der Waals surface area contributed by atoms with Crippen molar-refractivity contribution in [1.82, 2.24) is 18.7 Å². The summed E-state index contributed by atoms with van der Waals surface area (Å²) in [4.78, 5) is 24.9. The molecular weight excluding hydrogens is 394 g/mol. The molecule has 0 spiro atoms. The Bertz CT molecular complexity index is 1080. The van der Waals surface area contributed by atoms with E-state index >= 15 is 0 Å². The number of nitrogens with zero attached hydrogens (tertiary/aromatic N) is 4. The molecule has 0 unspecified atom stereocenters. The molecule has 1 aromatic heterocycles. The molecular formula is C19H27N5O4S. The summed E-state index contributed by atoms with van der Waals surface area (Å²) in [5.74, 6) is 0.240. The molecule has 1 aliphatic heterocycles. The summed E-state index contributed by atoms with van der Waals surface area (Å²) >= 11 is 0. The number of benzene rings is 1. The van der Waals surface area contributed by atoms with Crippen LogP contribution in [0.1, 0.15) is 35.7 Å². The van der Waals surface area contributed by atoms with E-state index in [4.69, 9.17) is 0 Å². The fourth-order valence-corrected chi connectivity index (χ4v) is 4.44. The molecule has 0 bridgehead atoms. The summed E-state index contributed by atoms with van der Waals surface area (Å²) in [6.45, 7) is 4.59. The smallest absolute Gasteiger partial charge is 0.324 e. The van der Waals surface area contributed by atoms with Crippen molar-refractivity contribution in [1.29, 1.82) is 0 Å². The molecule has 29 heavy (non-hydrogen) atoms. The Morgan fingerprint density at radius 1 is 1.21 bits per heavy atom. The second-order valence-corrected chi connectivity index (χ2v) is 9.62. The minimum atomic E-state index is -3.21. The van der Waals surface area contributed by atoms with Crippen LogP contribution >= 0.6 is 0 Å². The predicted molar refractivity (Wildman–Crippen MR) is 110 cm³/mol. The van der Waals surface area contributed by atoms with E-state index in [2.05, 4.69) is 10.4 Å². The van der Waals surface area contributed by atoms with E-state index in [1.54, 1.807) is 7.05 Å². The molecule has 2 heterocycles. The highest BCUT2D eigenvalue weighted by molar-refractivity contribution is 7.88. The maximum absolute atomic E-state index is 12.5. The Labute approximate surface area is 170 Å². The summed E-state index contributed by atoms with van der Waals surface area (Å²) in [5, 5.41) is 7.17. The molecule has 1 N–H and O–H groups in total. The number of anilines is 1. The van der Waals surface area contributed by atoms with Crippen molar-refractivity contribution in [2.75, 3.05) is 24.7 Å². The van der Waals surface area contributed by atoms with Crippen molar-refractivity contribution < 1.29 is 13.2 Å². The minimum Gasteiger partial charge on any atom is -0.324 e. The van der Waals surface area contributed by atoms with E-state index in [1.807, 2.05) is 32.0 Å². The standard InChI is InChI=1S/C19H27N5O4S/c1-13-5-6-16(11-14(13)2)20-17(25)12-24-19(26)22(3)18(21-24)15-7-9-23(10-8-15)29(4,27)28/h5-6,11,15H,7-10,12H2,1-4H3,(H,20,25). The van der Waals surface area contributed by atoms with Gasteiger partial charge in [0, 0.05) is 31.7 Å². The molecule has 0 atom stereocenters. The topological polar surface area (TPSA) is 106 Å². The molecule has 1 saturated heterocycles. The molecule has 1 amide bonds. The lowest BCUT2D eigenvalue weighted by Gasteiger charge is -2.29. The number of aryl methyl sites for hydroxylation is 2. The van der Waals surface area contributed by atoms with Gasteiger partial charge in [0.1, 0.15) is 12.4 Å². The average molecular weight is 422 g/mol. The number of carbonyl (C=O) groups is 1. The van der Waals surface area contributed by atoms with Gasteiger partial charge in [-0.2, -0.15) is 5.10 Å². The van der Waals surface area contributed by atoms with Gasteiger partial charge in [-0.15, -0.1) is 0 Å². The van der Waals surface area contributed by atoms with Crippen LogP contribution in [0.3, 0.4) is 0 Å². The number of hydrogen-bond acceptors (Lipinski definition) is 5. The quantitative estimate of drug-likeness (QED) is 0.774. The predicted octanol–water partition coefficient (Wildman–Crippen LogP) is 0.976. The number of piperidine rings is 1. The third-order valence-electron chi connectivity index (χ3n) is 5.45. The maximum Gasteiger partial charge on any atom is 0.346 e. The first kappa shape index (κ1) is 21.3. The number of sulfonamides is 1. The van der Waals surface area contributed by atoms with Crippen LogP contribution in [0.15, 0.2) is 23.0 Å². The SMILES string of the molecule is Cc1ccc(NC(=O)Cn2nc(C3CCN(S(C)(=O)=O)CC3)n(C)c2=O)cc1C. The first-order valence-corrected chi connectivity index (χ1v) is 11.4. The van der Waals surface area contributed by atoms with E-state index in [0.29, 0.717) is 37.4 Å². The van der Waals surface area contributed by atoms with E-state index in [-0.39, 0.29) is 24.1 Å². The molecule has 158 valence electrons. The first-order chi connectivity index (χ1) is 13.6. The molecule has 10 heteroatoms. The lowest BCUT2D eigenvalue weighted by atomic mass is 9.97. The summed E-state index contributed by atoms with van der Waals surface area (Å²) < 4.78 is 27.4. The average Bonchev–Trinajstić information content (AvgIpc) is 2.92. The second-order valence-electron chi connectivity index (χ2n) is 7.64. The first-order valence-electron chi connectivity index (χ1n) is 9.52. The van der Waals surface area contributed by atoms with Crippen LogP contribution in [0.2, 0.25) is 0 Å². The van der Waals surface area contributed by atoms with Gasteiger partial charge in [-0.05, 0) is 49.9 Å².